The van der Waals surface area contributed by atoms with Crippen LogP contribution in [0.5, 0.6) is 0 Å². The summed E-state index contributed by atoms with van der Waals surface area (Å²) in [6.45, 7) is 7.40. The molecule has 0 bridgehead atoms. The third kappa shape index (κ3) is 3.91. The zero-order chi connectivity index (χ0) is 11.5. The molecule has 0 aromatic carbocycles. The molecule has 1 saturated heterocycles. The molecule has 4 nitrogen and oxygen atoms in total. The third-order valence-corrected chi connectivity index (χ3v) is 4.17. The second kappa shape index (κ2) is 5.07. The average Bonchev–Trinajstić information content (AvgIpc) is 2.17. The molecule has 1 amide bonds. The fourth-order valence-corrected chi connectivity index (χ4v) is 2.34. The van der Waals surface area contributed by atoms with Crippen LogP contribution in [0.2, 0.25) is 0 Å². The van der Waals surface area contributed by atoms with Gasteiger partial charge in [-0.2, -0.15) is 0 Å². The van der Waals surface area contributed by atoms with E-state index in [0.717, 1.165) is 32.3 Å². The monoisotopic (exact) mass is 232 g/mol. The van der Waals surface area contributed by atoms with Crippen LogP contribution < -0.4 is 4.72 Å². The largest absolute Gasteiger partial charge is 0.345 e. The van der Waals surface area contributed by atoms with E-state index in [1.54, 1.807) is 4.90 Å². The summed E-state index contributed by atoms with van der Waals surface area (Å²) in [6.07, 6.45) is 2.66. The first-order valence-corrected chi connectivity index (χ1v) is 6.46. The molecule has 1 atom stereocenters. The molecule has 0 aromatic rings. The highest BCUT2D eigenvalue weighted by atomic mass is 32.2. The molecule has 0 aromatic heterocycles. The van der Waals surface area contributed by atoms with Gasteiger partial charge in [0.15, 0.2) is 0 Å². The maximum absolute atomic E-state index is 11.8. The van der Waals surface area contributed by atoms with Crippen LogP contribution in [0.1, 0.15) is 33.6 Å². The number of rotatable bonds is 3. The van der Waals surface area contributed by atoms with E-state index in [-0.39, 0.29) is 10.8 Å². The van der Waals surface area contributed by atoms with Gasteiger partial charge in [-0.15, -0.1) is 0 Å². The summed E-state index contributed by atoms with van der Waals surface area (Å²) in [5.74, 6) is 0. The fourth-order valence-electron chi connectivity index (χ4n) is 1.45. The summed E-state index contributed by atoms with van der Waals surface area (Å²) in [7, 11) is -1.00. The fraction of sp³-hybridized carbons (Fsp3) is 0.900. The number of likely N-dealkylation sites (tertiary alicyclic amines) is 1. The summed E-state index contributed by atoms with van der Waals surface area (Å²) in [5, 5.41) is 0. The number of nitrogens with one attached hydrogen (secondary N) is 1. The summed E-state index contributed by atoms with van der Waals surface area (Å²) < 4.78 is 14.7. The quantitative estimate of drug-likeness (QED) is 0.727. The Morgan fingerprint density at radius 3 is 2.27 bits per heavy atom. The van der Waals surface area contributed by atoms with Crippen LogP contribution in [0.15, 0.2) is 0 Å². The first-order chi connectivity index (χ1) is 6.93. The van der Waals surface area contributed by atoms with Crippen molar-refractivity contribution in [1.29, 1.82) is 0 Å². The molecule has 1 aliphatic rings. The van der Waals surface area contributed by atoms with Gasteiger partial charge in [0.25, 0.3) is 0 Å². The maximum atomic E-state index is 11.8. The van der Waals surface area contributed by atoms with E-state index in [2.05, 4.69) is 4.72 Å². The van der Waals surface area contributed by atoms with E-state index in [1.165, 1.54) is 0 Å². The highest BCUT2D eigenvalue weighted by Gasteiger charge is 2.25. The van der Waals surface area contributed by atoms with Crippen molar-refractivity contribution in [1.82, 2.24) is 9.62 Å². The second-order valence-electron chi connectivity index (χ2n) is 4.91. The third-order valence-electron chi connectivity index (χ3n) is 2.51. The van der Waals surface area contributed by atoms with Gasteiger partial charge in [0.1, 0.15) is 0 Å². The molecule has 88 valence electrons. The minimum atomic E-state index is -1.00. The van der Waals surface area contributed by atoms with Gasteiger partial charge in [0, 0.05) is 19.1 Å². The van der Waals surface area contributed by atoms with Crippen LogP contribution in [0.4, 0.5) is 0 Å². The highest BCUT2D eigenvalue weighted by Crippen LogP contribution is 2.14. The zero-order valence-corrected chi connectivity index (χ0v) is 10.5. The Labute approximate surface area is 94.0 Å². The summed E-state index contributed by atoms with van der Waals surface area (Å²) >= 11 is 0. The Balaban J connectivity index is 2.36. The van der Waals surface area contributed by atoms with E-state index in [1.807, 2.05) is 20.8 Å². The van der Waals surface area contributed by atoms with Crippen molar-refractivity contribution in [3.05, 3.63) is 0 Å². The van der Waals surface area contributed by atoms with Gasteiger partial charge in [-0.05, 0) is 33.6 Å². The van der Waals surface area contributed by atoms with Gasteiger partial charge < -0.3 is 4.90 Å². The van der Waals surface area contributed by atoms with Crippen molar-refractivity contribution in [3.8, 4) is 0 Å². The number of amides is 1. The normalized spacial score (nSPS) is 21.4. The van der Waals surface area contributed by atoms with Gasteiger partial charge in [-0.25, -0.2) is 8.93 Å². The molecular weight excluding hydrogens is 212 g/mol. The predicted octanol–water partition coefficient (Wildman–Crippen LogP) is 0.659. The summed E-state index contributed by atoms with van der Waals surface area (Å²) in [4.78, 5) is 12.3. The number of carbonyl (C=O) groups is 1. The molecule has 1 aliphatic heterocycles. The standard InChI is InChI=1S/C10H20N2O2S/c1-10(2,3)15(14)11-9-4-6-12(8-13)7-5-9/h8-9,11H,4-7H2,1-3H3. The molecule has 0 radical (unpaired) electrons. The number of hydrogen-bond donors (Lipinski definition) is 1. The molecule has 1 fully saturated rings. The number of piperidine rings is 1. The minimum Gasteiger partial charge on any atom is -0.345 e. The average molecular weight is 232 g/mol. The molecule has 1 heterocycles. The van der Waals surface area contributed by atoms with Gasteiger partial charge in [-0.3, -0.25) is 4.79 Å². The topological polar surface area (TPSA) is 49.4 Å². The minimum absolute atomic E-state index is 0.220. The molecule has 5 heteroatoms. The Bertz CT molecular complexity index is 242. The molecule has 1 rings (SSSR count). The van der Waals surface area contributed by atoms with Crippen molar-refractivity contribution in [2.45, 2.75) is 44.4 Å². The second-order valence-corrected chi connectivity index (χ2v) is 6.91. The van der Waals surface area contributed by atoms with E-state index in [4.69, 9.17) is 0 Å². The summed E-state index contributed by atoms with van der Waals surface area (Å²) in [5.41, 5.74) is 0. The van der Waals surface area contributed by atoms with Gasteiger partial charge >= 0.3 is 0 Å². The molecule has 1 N–H and O–H groups in total. The Morgan fingerprint density at radius 1 is 1.33 bits per heavy atom. The molecular formula is C10H20N2O2S. The van der Waals surface area contributed by atoms with Gasteiger partial charge in [0.2, 0.25) is 6.41 Å². The number of nitrogens with zero attached hydrogens (tertiary/aromatic N) is 1. The highest BCUT2D eigenvalue weighted by molar-refractivity contribution is 7.84. The van der Waals surface area contributed by atoms with E-state index >= 15 is 0 Å². The van der Waals surface area contributed by atoms with E-state index in [9.17, 15) is 9.00 Å². The maximum Gasteiger partial charge on any atom is 0.209 e. The van der Waals surface area contributed by atoms with Crippen LogP contribution in [-0.4, -0.2) is 39.4 Å². The van der Waals surface area contributed by atoms with Gasteiger partial charge in [-0.1, -0.05) is 0 Å². The molecule has 0 spiro atoms. The Morgan fingerprint density at radius 2 is 1.87 bits per heavy atom. The van der Waals surface area contributed by atoms with E-state index < -0.39 is 11.0 Å². The molecule has 1 unspecified atom stereocenters. The van der Waals surface area contributed by atoms with Crippen molar-refractivity contribution in [3.63, 3.8) is 0 Å². The van der Waals surface area contributed by atoms with E-state index in [0.29, 0.717) is 0 Å². The lowest BCUT2D eigenvalue weighted by Crippen LogP contribution is -2.45. The van der Waals surface area contributed by atoms with Crippen molar-refractivity contribution in [2.24, 2.45) is 0 Å². The molecule has 15 heavy (non-hydrogen) atoms. The predicted molar refractivity (Wildman–Crippen MR) is 61.7 cm³/mol. The number of carbonyl (C=O) groups excluding carboxylic acids is 1. The first kappa shape index (κ1) is 12.6. The van der Waals surface area contributed by atoms with Crippen LogP contribution in [0.3, 0.4) is 0 Å². The Kier molecular flexibility index (Phi) is 4.28. The van der Waals surface area contributed by atoms with Crippen molar-refractivity contribution >= 4 is 17.4 Å². The van der Waals surface area contributed by atoms with Crippen molar-refractivity contribution < 1.29 is 9.00 Å². The SMILES string of the molecule is CC(C)(C)S(=O)NC1CCN(C=O)CC1. The lowest BCUT2D eigenvalue weighted by Gasteiger charge is -2.31. The van der Waals surface area contributed by atoms with Crippen molar-refractivity contribution in [2.75, 3.05) is 13.1 Å². The number of hydrogen-bond acceptors (Lipinski definition) is 2. The lowest BCUT2D eigenvalue weighted by atomic mass is 10.1. The molecule has 0 saturated carbocycles. The summed E-state index contributed by atoms with van der Waals surface area (Å²) in [6, 6.07) is 0.279. The smallest absolute Gasteiger partial charge is 0.209 e. The first-order valence-electron chi connectivity index (χ1n) is 5.31. The lowest BCUT2D eigenvalue weighted by molar-refractivity contribution is -0.119. The zero-order valence-electron chi connectivity index (χ0n) is 9.66. The molecule has 0 aliphatic carbocycles. The van der Waals surface area contributed by atoms with Crippen LogP contribution in [0.25, 0.3) is 0 Å². The van der Waals surface area contributed by atoms with Crippen LogP contribution in [-0.2, 0) is 15.8 Å². The Hall–Kier alpha value is -0.420. The van der Waals surface area contributed by atoms with Gasteiger partial charge in [0.05, 0.1) is 15.7 Å². The van der Waals surface area contributed by atoms with Crippen LogP contribution >= 0.6 is 0 Å². The van der Waals surface area contributed by atoms with Crippen LogP contribution in [0, 0.1) is 0 Å².